The van der Waals surface area contributed by atoms with Gasteiger partial charge in [-0.3, -0.25) is 0 Å². The van der Waals surface area contributed by atoms with Crippen LogP contribution in [-0.2, 0) is 11.3 Å². The van der Waals surface area contributed by atoms with Crippen LogP contribution in [0.3, 0.4) is 0 Å². The van der Waals surface area contributed by atoms with E-state index in [1.807, 2.05) is 11.4 Å². The van der Waals surface area contributed by atoms with E-state index in [-0.39, 0.29) is 6.42 Å². The van der Waals surface area contributed by atoms with Crippen molar-refractivity contribution in [3.63, 3.8) is 0 Å². The minimum Gasteiger partial charge on any atom is -0.480 e. The third-order valence-corrected chi connectivity index (χ3v) is 3.94. The summed E-state index contributed by atoms with van der Waals surface area (Å²) in [5, 5.41) is 13.3. The molecule has 2 amide bonds. The Morgan fingerprint density at radius 3 is 2.84 bits per heavy atom. The normalized spacial score (nSPS) is 11.7. The number of carbonyl (C=O) groups is 2. The van der Waals surface area contributed by atoms with Gasteiger partial charge in [0.05, 0.1) is 3.79 Å². The molecular weight excluding hydrogens is 332 g/mol. The zero-order valence-electron chi connectivity index (χ0n) is 10.4. The maximum atomic E-state index is 11.9. The summed E-state index contributed by atoms with van der Waals surface area (Å²) < 4.78 is 0.992. The Balaban J connectivity index is 2.56. The highest BCUT2D eigenvalue weighted by Crippen LogP contribution is 2.21. The van der Waals surface area contributed by atoms with Crippen LogP contribution in [-0.4, -0.2) is 35.1 Å². The molecule has 1 aromatic rings. The highest BCUT2D eigenvalue weighted by atomic mass is 79.9. The number of nitrogens with one attached hydrogen (secondary N) is 1. The van der Waals surface area contributed by atoms with Gasteiger partial charge in [0.1, 0.15) is 6.04 Å². The van der Waals surface area contributed by atoms with Gasteiger partial charge in [-0.25, -0.2) is 9.59 Å². The Kier molecular flexibility index (Phi) is 6.04. The molecule has 1 aromatic heterocycles. The largest absolute Gasteiger partial charge is 0.480 e. The first-order chi connectivity index (χ1) is 8.93. The van der Waals surface area contributed by atoms with Gasteiger partial charge in [0.25, 0.3) is 0 Å². The highest BCUT2D eigenvalue weighted by molar-refractivity contribution is 9.11. The van der Waals surface area contributed by atoms with Gasteiger partial charge < -0.3 is 15.3 Å². The van der Waals surface area contributed by atoms with Crippen LogP contribution in [0.1, 0.15) is 12.0 Å². The van der Waals surface area contributed by atoms with E-state index in [0.717, 1.165) is 9.35 Å². The zero-order valence-corrected chi connectivity index (χ0v) is 12.8. The number of carbonyl (C=O) groups excluding carboxylic acids is 1. The molecule has 1 unspecified atom stereocenters. The first-order valence-corrected chi connectivity index (χ1v) is 7.19. The number of halogens is 1. The number of urea groups is 1. The van der Waals surface area contributed by atoms with Gasteiger partial charge in [-0.15, -0.1) is 17.9 Å². The smallest absolute Gasteiger partial charge is 0.326 e. The summed E-state index contributed by atoms with van der Waals surface area (Å²) in [4.78, 5) is 24.2. The molecule has 0 aliphatic heterocycles. The second-order valence-electron chi connectivity index (χ2n) is 3.98. The maximum absolute atomic E-state index is 11.9. The number of carboxylic acids is 1. The summed E-state index contributed by atoms with van der Waals surface area (Å²) in [7, 11) is 1.62. The monoisotopic (exact) mass is 346 g/mol. The summed E-state index contributed by atoms with van der Waals surface area (Å²) in [5.74, 6) is -1.07. The average molecular weight is 347 g/mol. The number of rotatable bonds is 6. The van der Waals surface area contributed by atoms with E-state index in [9.17, 15) is 9.59 Å². The van der Waals surface area contributed by atoms with Crippen molar-refractivity contribution in [2.24, 2.45) is 0 Å². The fourth-order valence-electron chi connectivity index (χ4n) is 1.42. The molecule has 0 radical (unpaired) electrons. The van der Waals surface area contributed by atoms with E-state index < -0.39 is 18.0 Å². The summed E-state index contributed by atoms with van der Waals surface area (Å²) in [6, 6.07) is 0.561. The summed E-state index contributed by atoms with van der Waals surface area (Å²) in [5.41, 5.74) is 0.991. The van der Waals surface area contributed by atoms with Crippen LogP contribution in [0.15, 0.2) is 27.9 Å². The molecule has 104 valence electrons. The number of nitrogens with zero attached hydrogens (tertiary/aromatic N) is 1. The van der Waals surface area contributed by atoms with Crippen LogP contribution < -0.4 is 5.32 Å². The van der Waals surface area contributed by atoms with E-state index >= 15 is 0 Å². The zero-order chi connectivity index (χ0) is 14.4. The maximum Gasteiger partial charge on any atom is 0.326 e. The molecule has 5 nitrogen and oxygen atoms in total. The van der Waals surface area contributed by atoms with Crippen molar-refractivity contribution in [3.05, 3.63) is 33.5 Å². The first-order valence-electron chi connectivity index (χ1n) is 5.52. The van der Waals surface area contributed by atoms with Crippen molar-refractivity contribution in [3.8, 4) is 0 Å². The molecule has 0 aliphatic rings. The van der Waals surface area contributed by atoms with Gasteiger partial charge in [-0.1, -0.05) is 6.08 Å². The third-order valence-electron chi connectivity index (χ3n) is 2.39. The molecule has 0 saturated heterocycles. The van der Waals surface area contributed by atoms with E-state index in [4.69, 9.17) is 5.11 Å². The van der Waals surface area contributed by atoms with Gasteiger partial charge in [0.15, 0.2) is 0 Å². The topological polar surface area (TPSA) is 69.6 Å². The molecule has 19 heavy (non-hydrogen) atoms. The molecule has 0 saturated carbocycles. The van der Waals surface area contributed by atoms with Crippen molar-refractivity contribution in [1.82, 2.24) is 10.2 Å². The van der Waals surface area contributed by atoms with Gasteiger partial charge in [0, 0.05) is 13.6 Å². The third kappa shape index (κ3) is 5.04. The van der Waals surface area contributed by atoms with Gasteiger partial charge in [-0.05, 0) is 39.4 Å². The lowest BCUT2D eigenvalue weighted by Gasteiger charge is -2.20. The van der Waals surface area contributed by atoms with Crippen molar-refractivity contribution >= 4 is 39.3 Å². The second kappa shape index (κ2) is 7.30. The first kappa shape index (κ1) is 15.7. The Morgan fingerprint density at radius 2 is 2.37 bits per heavy atom. The molecule has 1 heterocycles. The van der Waals surface area contributed by atoms with E-state index in [0.29, 0.717) is 6.54 Å². The van der Waals surface area contributed by atoms with Gasteiger partial charge >= 0.3 is 12.0 Å². The Bertz CT molecular complexity index is 475. The standard InChI is InChI=1S/C12H15BrN2O3S/c1-3-4-9(11(16)17)14-12(18)15(2)6-8-5-10(13)19-7-8/h3,5,7,9H,1,4,6H2,2H3,(H,14,18)(H,16,17). The van der Waals surface area contributed by atoms with E-state index in [1.165, 1.54) is 22.3 Å². The van der Waals surface area contributed by atoms with Crippen LogP contribution in [0.4, 0.5) is 4.79 Å². The molecule has 2 N–H and O–H groups in total. The van der Waals surface area contributed by atoms with Crippen molar-refractivity contribution < 1.29 is 14.7 Å². The van der Waals surface area contributed by atoms with Crippen LogP contribution in [0, 0.1) is 0 Å². The minimum atomic E-state index is -1.07. The lowest BCUT2D eigenvalue weighted by molar-refractivity contribution is -0.139. The molecular formula is C12H15BrN2O3S. The molecule has 0 fully saturated rings. The highest BCUT2D eigenvalue weighted by Gasteiger charge is 2.20. The lowest BCUT2D eigenvalue weighted by atomic mass is 10.2. The molecule has 7 heteroatoms. The van der Waals surface area contributed by atoms with Crippen molar-refractivity contribution in [2.45, 2.75) is 19.0 Å². The number of aliphatic carboxylic acids is 1. The number of carboxylic acid groups (broad SMARTS) is 1. The molecule has 0 bridgehead atoms. The number of hydrogen-bond donors (Lipinski definition) is 2. The van der Waals surface area contributed by atoms with Crippen molar-refractivity contribution in [1.29, 1.82) is 0 Å². The van der Waals surface area contributed by atoms with Crippen LogP contribution >= 0.6 is 27.3 Å². The molecule has 1 rings (SSSR count). The number of thiophene rings is 1. The predicted molar refractivity (Wildman–Crippen MR) is 78.3 cm³/mol. The fourth-order valence-corrected chi connectivity index (χ4v) is 2.62. The molecule has 0 spiro atoms. The summed E-state index contributed by atoms with van der Waals surface area (Å²) >= 11 is 4.89. The quantitative estimate of drug-likeness (QED) is 0.778. The summed E-state index contributed by atoms with van der Waals surface area (Å²) in [6.07, 6.45) is 1.66. The van der Waals surface area contributed by atoms with Gasteiger partial charge in [0.2, 0.25) is 0 Å². The Hall–Kier alpha value is -1.34. The number of hydrogen-bond acceptors (Lipinski definition) is 3. The molecule has 1 atom stereocenters. The molecule has 0 aromatic carbocycles. The minimum absolute atomic E-state index is 0.193. The Morgan fingerprint density at radius 1 is 1.68 bits per heavy atom. The van der Waals surface area contributed by atoms with E-state index in [1.54, 1.807) is 7.05 Å². The lowest BCUT2D eigenvalue weighted by Crippen LogP contribution is -2.46. The van der Waals surface area contributed by atoms with Crippen LogP contribution in [0.2, 0.25) is 0 Å². The van der Waals surface area contributed by atoms with Gasteiger partial charge in [-0.2, -0.15) is 0 Å². The van der Waals surface area contributed by atoms with Crippen LogP contribution in [0.25, 0.3) is 0 Å². The average Bonchev–Trinajstić information content (AvgIpc) is 2.73. The second-order valence-corrected chi connectivity index (χ2v) is 6.27. The Labute approximate surface area is 124 Å². The fraction of sp³-hybridized carbons (Fsp3) is 0.333. The number of amides is 2. The SMILES string of the molecule is C=CCC(NC(=O)N(C)Cc1csc(Br)c1)C(=O)O. The molecule has 0 aliphatic carbocycles. The van der Waals surface area contributed by atoms with Crippen molar-refractivity contribution in [2.75, 3.05) is 7.05 Å². The van der Waals surface area contributed by atoms with E-state index in [2.05, 4.69) is 27.8 Å². The predicted octanol–water partition coefficient (Wildman–Crippen LogP) is 2.68. The summed E-state index contributed by atoms with van der Waals surface area (Å²) in [6.45, 7) is 3.90. The van der Waals surface area contributed by atoms with Crippen LogP contribution in [0.5, 0.6) is 0 Å².